The third-order valence-corrected chi connectivity index (χ3v) is 3.74. The molecule has 0 saturated carbocycles. The molecule has 2 aromatic heterocycles. The maximum atomic E-state index is 11.8. The van der Waals surface area contributed by atoms with Crippen LogP contribution in [0.3, 0.4) is 0 Å². The average Bonchev–Trinajstić information content (AvgIpc) is 3.19. The number of nitrogens with one attached hydrogen (secondary N) is 2. The third kappa shape index (κ3) is 3.46. The third-order valence-electron chi connectivity index (χ3n) is 2.91. The second kappa shape index (κ2) is 6.19. The van der Waals surface area contributed by atoms with Crippen molar-refractivity contribution in [2.24, 2.45) is 0 Å². The number of aromatic nitrogens is 2. The molecule has 0 radical (unpaired) electrons. The molecule has 0 saturated heterocycles. The Hall–Kier alpha value is -2.66. The van der Waals surface area contributed by atoms with Crippen LogP contribution < -0.4 is 5.32 Å². The van der Waals surface area contributed by atoms with E-state index in [0.29, 0.717) is 0 Å². The zero-order chi connectivity index (χ0) is 14.5. The van der Waals surface area contributed by atoms with E-state index in [0.717, 1.165) is 21.8 Å². The Morgan fingerprint density at radius 2 is 2.05 bits per heavy atom. The molecule has 5 heteroatoms. The van der Waals surface area contributed by atoms with Gasteiger partial charge in [0.1, 0.15) is 0 Å². The number of rotatable bonds is 4. The van der Waals surface area contributed by atoms with Gasteiger partial charge in [0.15, 0.2) is 0 Å². The predicted octanol–water partition coefficient (Wildman–Crippen LogP) is 3.79. The Morgan fingerprint density at radius 1 is 1.19 bits per heavy atom. The van der Waals surface area contributed by atoms with Crippen LogP contribution in [0.2, 0.25) is 0 Å². The monoisotopic (exact) mass is 295 g/mol. The molecular weight excluding hydrogens is 282 g/mol. The van der Waals surface area contributed by atoms with Crippen molar-refractivity contribution >= 4 is 29.0 Å². The van der Waals surface area contributed by atoms with Crippen LogP contribution >= 0.6 is 11.3 Å². The van der Waals surface area contributed by atoms with Crippen LogP contribution in [-0.4, -0.2) is 16.1 Å². The van der Waals surface area contributed by atoms with E-state index in [1.54, 1.807) is 23.6 Å². The summed E-state index contributed by atoms with van der Waals surface area (Å²) in [7, 11) is 0. The Kier molecular flexibility index (Phi) is 3.93. The van der Waals surface area contributed by atoms with Gasteiger partial charge in [-0.1, -0.05) is 18.2 Å². The number of aromatic amines is 1. The lowest BCUT2D eigenvalue weighted by atomic mass is 10.1. The van der Waals surface area contributed by atoms with Crippen LogP contribution in [0.4, 0.5) is 5.69 Å². The topological polar surface area (TPSA) is 57.8 Å². The van der Waals surface area contributed by atoms with Crippen molar-refractivity contribution in [1.29, 1.82) is 0 Å². The highest BCUT2D eigenvalue weighted by molar-refractivity contribution is 7.10. The summed E-state index contributed by atoms with van der Waals surface area (Å²) in [5.41, 5.74) is 2.74. The van der Waals surface area contributed by atoms with Gasteiger partial charge in [-0.25, -0.2) is 0 Å². The van der Waals surface area contributed by atoms with Gasteiger partial charge in [-0.05, 0) is 41.3 Å². The first kappa shape index (κ1) is 13.3. The molecule has 0 aliphatic rings. The minimum atomic E-state index is -0.141. The Labute approximate surface area is 126 Å². The fourth-order valence-corrected chi connectivity index (χ4v) is 2.50. The number of benzene rings is 1. The molecule has 2 N–H and O–H groups in total. The first-order valence-corrected chi connectivity index (χ1v) is 7.31. The molecule has 104 valence electrons. The van der Waals surface area contributed by atoms with Crippen molar-refractivity contribution in [1.82, 2.24) is 10.2 Å². The number of anilines is 1. The summed E-state index contributed by atoms with van der Waals surface area (Å²) in [5.74, 6) is -0.141. The van der Waals surface area contributed by atoms with Gasteiger partial charge in [-0.2, -0.15) is 5.10 Å². The van der Waals surface area contributed by atoms with Gasteiger partial charge >= 0.3 is 0 Å². The van der Waals surface area contributed by atoms with E-state index in [1.807, 2.05) is 47.8 Å². The molecule has 0 bridgehead atoms. The van der Waals surface area contributed by atoms with Gasteiger partial charge in [0.05, 0.1) is 5.69 Å². The molecule has 2 heterocycles. The maximum Gasteiger partial charge on any atom is 0.248 e. The SMILES string of the molecule is O=C(C=Cc1cccs1)Nc1ccc(-c2ccn[nH]2)cc1. The molecular formula is C16H13N3OS. The largest absolute Gasteiger partial charge is 0.323 e. The molecule has 3 aromatic rings. The van der Waals surface area contributed by atoms with Crippen molar-refractivity contribution in [2.75, 3.05) is 5.32 Å². The lowest BCUT2D eigenvalue weighted by molar-refractivity contribution is -0.111. The molecule has 0 unspecified atom stereocenters. The van der Waals surface area contributed by atoms with Crippen molar-refractivity contribution in [3.63, 3.8) is 0 Å². The van der Waals surface area contributed by atoms with E-state index in [1.165, 1.54) is 6.08 Å². The first-order valence-electron chi connectivity index (χ1n) is 6.44. The van der Waals surface area contributed by atoms with Gasteiger partial charge in [0, 0.05) is 22.8 Å². The molecule has 0 aliphatic heterocycles. The van der Waals surface area contributed by atoms with E-state index in [-0.39, 0.29) is 5.91 Å². The Bertz CT molecular complexity index is 728. The summed E-state index contributed by atoms with van der Waals surface area (Å²) in [5, 5.41) is 11.6. The molecule has 0 atom stereocenters. The highest BCUT2D eigenvalue weighted by Gasteiger charge is 2.01. The summed E-state index contributed by atoms with van der Waals surface area (Å²) in [4.78, 5) is 12.9. The standard InChI is InChI=1S/C16H13N3OS/c20-16(8-7-14-2-1-11-21-14)18-13-5-3-12(4-6-13)15-9-10-17-19-15/h1-11H,(H,17,19)(H,18,20). The number of hydrogen-bond donors (Lipinski definition) is 2. The minimum Gasteiger partial charge on any atom is -0.323 e. The van der Waals surface area contributed by atoms with Gasteiger partial charge in [-0.3, -0.25) is 9.89 Å². The van der Waals surface area contributed by atoms with Crippen LogP contribution in [0, 0.1) is 0 Å². The second-order valence-electron chi connectivity index (χ2n) is 4.39. The lowest BCUT2D eigenvalue weighted by Gasteiger charge is -2.03. The van der Waals surface area contributed by atoms with Gasteiger partial charge in [0.2, 0.25) is 5.91 Å². The Morgan fingerprint density at radius 3 is 2.71 bits per heavy atom. The van der Waals surface area contributed by atoms with Crippen molar-refractivity contribution in [2.45, 2.75) is 0 Å². The molecule has 0 fully saturated rings. The zero-order valence-electron chi connectivity index (χ0n) is 11.1. The van der Waals surface area contributed by atoms with Crippen molar-refractivity contribution in [3.05, 3.63) is 65.0 Å². The Balaban J connectivity index is 1.64. The summed E-state index contributed by atoms with van der Waals surface area (Å²) < 4.78 is 0. The summed E-state index contributed by atoms with van der Waals surface area (Å²) >= 11 is 1.60. The number of amides is 1. The van der Waals surface area contributed by atoms with E-state index in [2.05, 4.69) is 15.5 Å². The van der Waals surface area contributed by atoms with Crippen LogP contribution in [-0.2, 0) is 4.79 Å². The molecule has 1 amide bonds. The van der Waals surface area contributed by atoms with Gasteiger partial charge in [-0.15, -0.1) is 11.3 Å². The smallest absolute Gasteiger partial charge is 0.248 e. The summed E-state index contributed by atoms with van der Waals surface area (Å²) in [6.07, 6.45) is 5.05. The van der Waals surface area contributed by atoms with Crippen LogP contribution in [0.25, 0.3) is 17.3 Å². The van der Waals surface area contributed by atoms with E-state index < -0.39 is 0 Å². The number of carbonyl (C=O) groups excluding carboxylic acids is 1. The average molecular weight is 295 g/mol. The van der Waals surface area contributed by atoms with E-state index in [9.17, 15) is 4.79 Å². The lowest BCUT2D eigenvalue weighted by Crippen LogP contribution is -2.07. The second-order valence-corrected chi connectivity index (χ2v) is 5.36. The van der Waals surface area contributed by atoms with E-state index >= 15 is 0 Å². The number of H-pyrrole nitrogens is 1. The van der Waals surface area contributed by atoms with Crippen LogP contribution in [0.5, 0.6) is 0 Å². The number of thiophene rings is 1. The first-order chi connectivity index (χ1) is 10.3. The number of hydrogen-bond acceptors (Lipinski definition) is 3. The molecule has 0 spiro atoms. The fraction of sp³-hybridized carbons (Fsp3) is 0. The minimum absolute atomic E-state index is 0.141. The van der Waals surface area contributed by atoms with Crippen LogP contribution in [0.15, 0.2) is 60.1 Å². The number of nitrogens with zero attached hydrogens (tertiary/aromatic N) is 1. The summed E-state index contributed by atoms with van der Waals surface area (Å²) in [6.45, 7) is 0. The van der Waals surface area contributed by atoms with Crippen molar-refractivity contribution in [3.8, 4) is 11.3 Å². The van der Waals surface area contributed by atoms with Crippen molar-refractivity contribution < 1.29 is 4.79 Å². The molecule has 1 aromatic carbocycles. The zero-order valence-corrected chi connectivity index (χ0v) is 11.9. The van der Waals surface area contributed by atoms with E-state index in [4.69, 9.17) is 0 Å². The highest BCUT2D eigenvalue weighted by atomic mass is 32.1. The molecule has 3 rings (SSSR count). The van der Waals surface area contributed by atoms with Gasteiger partial charge in [0.25, 0.3) is 0 Å². The molecule has 0 aliphatic carbocycles. The van der Waals surface area contributed by atoms with Gasteiger partial charge < -0.3 is 5.32 Å². The normalized spacial score (nSPS) is 10.9. The predicted molar refractivity (Wildman–Crippen MR) is 86.0 cm³/mol. The number of carbonyl (C=O) groups is 1. The fourth-order valence-electron chi connectivity index (χ4n) is 1.88. The quantitative estimate of drug-likeness (QED) is 0.719. The molecule has 4 nitrogen and oxygen atoms in total. The van der Waals surface area contributed by atoms with Crippen LogP contribution in [0.1, 0.15) is 4.88 Å². The summed E-state index contributed by atoms with van der Waals surface area (Å²) in [6, 6.07) is 13.4. The maximum absolute atomic E-state index is 11.8. The molecule has 21 heavy (non-hydrogen) atoms. The highest BCUT2D eigenvalue weighted by Crippen LogP contribution is 2.19.